The Balaban J connectivity index is 1.27. The lowest BCUT2D eigenvalue weighted by atomic mass is 10.2. The molecule has 2 amide bonds. The molecule has 1 saturated carbocycles. The van der Waals surface area contributed by atoms with Crippen molar-refractivity contribution >= 4 is 29.4 Å². The number of carbonyl (C=O) groups excluding carboxylic acids is 2. The Morgan fingerprint density at radius 3 is 2.80 bits per heavy atom. The fourth-order valence-corrected chi connectivity index (χ4v) is 3.33. The lowest BCUT2D eigenvalue weighted by Gasteiger charge is -2.10. The molecule has 136 valence electrons. The summed E-state index contributed by atoms with van der Waals surface area (Å²) in [5, 5.41) is 14.6. The van der Waals surface area contributed by atoms with Crippen molar-refractivity contribution in [3.05, 3.63) is 12.1 Å². The summed E-state index contributed by atoms with van der Waals surface area (Å²) in [7, 11) is 0. The summed E-state index contributed by atoms with van der Waals surface area (Å²) in [6.45, 7) is 1.42. The predicted molar refractivity (Wildman–Crippen MR) is 95.3 cm³/mol. The molecule has 2 fully saturated rings. The van der Waals surface area contributed by atoms with E-state index in [2.05, 4.69) is 20.8 Å². The first-order valence-corrected chi connectivity index (χ1v) is 9.85. The van der Waals surface area contributed by atoms with Crippen LogP contribution in [0.15, 0.2) is 17.2 Å². The SMILES string of the molecule is O=C(CCCSc1ccc(NC(=O)C2CC2)nn1)NC[C@@H]1CCCO1. The van der Waals surface area contributed by atoms with Gasteiger partial charge < -0.3 is 15.4 Å². The highest BCUT2D eigenvalue weighted by atomic mass is 32.2. The Labute approximate surface area is 151 Å². The Morgan fingerprint density at radius 2 is 2.12 bits per heavy atom. The summed E-state index contributed by atoms with van der Waals surface area (Å²) in [6, 6.07) is 3.61. The van der Waals surface area contributed by atoms with Crippen LogP contribution in [0.1, 0.15) is 38.5 Å². The zero-order valence-electron chi connectivity index (χ0n) is 14.2. The molecule has 2 heterocycles. The molecule has 25 heavy (non-hydrogen) atoms. The van der Waals surface area contributed by atoms with Gasteiger partial charge in [0, 0.05) is 31.2 Å². The zero-order chi connectivity index (χ0) is 17.5. The number of ether oxygens (including phenoxy) is 1. The Bertz CT molecular complexity index is 586. The maximum atomic E-state index is 11.8. The first-order valence-electron chi connectivity index (χ1n) is 8.86. The van der Waals surface area contributed by atoms with Gasteiger partial charge in [0.1, 0.15) is 5.03 Å². The summed E-state index contributed by atoms with van der Waals surface area (Å²) in [4.78, 5) is 23.4. The van der Waals surface area contributed by atoms with Gasteiger partial charge in [0.15, 0.2) is 5.82 Å². The monoisotopic (exact) mass is 364 g/mol. The average Bonchev–Trinajstić information content (AvgIpc) is 3.35. The van der Waals surface area contributed by atoms with Gasteiger partial charge >= 0.3 is 0 Å². The number of rotatable bonds is 9. The second-order valence-corrected chi connectivity index (χ2v) is 7.53. The fourth-order valence-electron chi connectivity index (χ4n) is 2.57. The molecular weight excluding hydrogens is 340 g/mol. The highest BCUT2D eigenvalue weighted by molar-refractivity contribution is 7.99. The zero-order valence-corrected chi connectivity index (χ0v) is 15.0. The molecule has 1 aromatic rings. The maximum absolute atomic E-state index is 11.8. The lowest BCUT2D eigenvalue weighted by Crippen LogP contribution is -2.31. The first kappa shape index (κ1) is 18.1. The van der Waals surface area contributed by atoms with Crippen LogP contribution in [0.2, 0.25) is 0 Å². The molecule has 0 radical (unpaired) electrons. The van der Waals surface area contributed by atoms with Crippen LogP contribution < -0.4 is 10.6 Å². The molecule has 1 aliphatic heterocycles. The van der Waals surface area contributed by atoms with Gasteiger partial charge in [-0.15, -0.1) is 22.0 Å². The molecule has 2 N–H and O–H groups in total. The molecule has 0 bridgehead atoms. The van der Waals surface area contributed by atoms with Gasteiger partial charge in [0.25, 0.3) is 0 Å². The third kappa shape index (κ3) is 6.28. The van der Waals surface area contributed by atoms with Crippen LogP contribution >= 0.6 is 11.8 Å². The van der Waals surface area contributed by atoms with E-state index in [4.69, 9.17) is 4.74 Å². The number of hydrogen-bond acceptors (Lipinski definition) is 6. The van der Waals surface area contributed by atoms with Crippen LogP contribution in [0.3, 0.4) is 0 Å². The average molecular weight is 364 g/mol. The fraction of sp³-hybridized carbons (Fsp3) is 0.647. The summed E-state index contributed by atoms with van der Waals surface area (Å²) in [6.07, 6.45) is 5.52. The molecule has 0 aromatic carbocycles. The summed E-state index contributed by atoms with van der Waals surface area (Å²) < 4.78 is 5.48. The second kappa shape index (κ2) is 9.15. The van der Waals surface area contributed by atoms with Crippen molar-refractivity contribution in [2.45, 2.75) is 49.7 Å². The van der Waals surface area contributed by atoms with Crippen molar-refractivity contribution in [2.24, 2.45) is 5.92 Å². The number of carbonyl (C=O) groups is 2. The minimum Gasteiger partial charge on any atom is -0.376 e. The minimum absolute atomic E-state index is 0.0312. The van der Waals surface area contributed by atoms with Gasteiger partial charge in [-0.25, -0.2) is 0 Å². The predicted octanol–water partition coefficient (Wildman–Crippen LogP) is 1.99. The van der Waals surface area contributed by atoms with Gasteiger partial charge in [-0.3, -0.25) is 9.59 Å². The van der Waals surface area contributed by atoms with Gasteiger partial charge in [0.05, 0.1) is 6.10 Å². The van der Waals surface area contributed by atoms with Crippen LogP contribution in [0.5, 0.6) is 0 Å². The van der Waals surface area contributed by atoms with Crippen molar-refractivity contribution in [2.75, 3.05) is 24.2 Å². The Hall–Kier alpha value is -1.67. The molecule has 1 aliphatic carbocycles. The molecule has 7 nitrogen and oxygen atoms in total. The molecule has 0 unspecified atom stereocenters. The maximum Gasteiger partial charge on any atom is 0.228 e. The van der Waals surface area contributed by atoms with Gasteiger partial charge in [0.2, 0.25) is 11.8 Å². The van der Waals surface area contributed by atoms with Gasteiger partial charge in [-0.1, -0.05) is 0 Å². The number of aromatic nitrogens is 2. The van der Waals surface area contributed by atoms with Crippen LogP contribution in [0.4, 0.5) is 5.82 Å². The van der Waals surface area contributed by atoms with Crippen molar-refractivity contribution in [3.8, 4) is 0 Å². The minimum atomic E-state index is 0.0312. The molecule has 1 aromatic heterocycles. The summed E-state index contributed by atoms with van der Waals surface area (Å²) in [5.74, 6) is 1.55. The summed E-state index contributed by atoms with van der Waals surface area (Å²) in [5.41, 5.74) is 0. The summed E-state index contributed by atoms with van der Waals surface area (Å²) >= 11 is 1.56. The molecule has 3 rings (SSSR count). The second-order valence-electron chi connectivity index (χ2n) is 6.41. The Morgan fingerprint density at radius 1 is 1.24 bits per heavy atom. The van der Waals surface area contributed by atoms with Crippen LogP contribution in [0, 0.1) is 5.92 Å². The lowest BCUT2D eigenvalue weighted by molar-refractivity contribution is -0.121. The first-order chi connectivity index (χ1) is 12.2. The van der Waals surface area contributed by atoms with E-state index < -0.39 is 0 Å². The van der Waals surface area contributed by atoms with E-state index in [1.54, 1.807) is 17.8 Å². The molecule has 1 atom stereocenters. The van der Waals surface area contributed by atoms with Crippen LogP contribution in [0.25, 0.3) is 0 Å². The van der Waals surface area contributed by atoms with Crippen molar-refractivity contribution in [1.82, 2.24) is 15.5 Å². The third-order valence-electron chi connectivity index (χ3n) is 4.19. The topological polar surface area (TPSA) is 93.2 Å². The number of hydrogen-bond donors (Lipinski definition) is 2. The third-order valence-corrected chi connectivity index (χ3v) is 5.19. The number of amides is 2. The van der Waals surface area contributed by atoms with Crippen LogP contribution in [-0.2, 0) is 14.3 Å². The number of nitrogens with zero attached hydrogens (tertiary/aromatic N) is 2. The van der Waals surface area contributed by atoms with Gasteiger partial charge in [-0.2, -0.15) is 0 Å². The van der Waals surface area contributed by atoms with E-state index >= 15 is 0 Å². The number of thioether (sulfide) groups is 1. The van der Waals surface area contributed by atoms with E-state index in [9.17, 15) is 9.59 Å². The molecular formula is C17H24N4O3S. The normalized spacial score (nSPS) is 19.6. The highest BCUT2D eigenvalue weighted by Crippen LogP contribution is 2.30. The number of nitrogens with one attached hydrogen (secondary N) is 2. The van der Waals surface area contributed by atoms with E-state index in [0.29, 0.717) is 18.8 Å². The molecule has 0 spiro atoms. The van der Waals surface area contributed by atoms with Gasteiger partial charge in [-0.05, 0) is 44.2 Å². The molecule has 8 heteroatoms. The largest absolute Gasteiger partial charge is 0.376 e. The van der Waals surface area contributed by atoms with E-state index in [1.807, 2.05) is 6.07 Å². The van der Waals surface area contributed by atoms with Crippen molar-refractivity contribution in [3.63, 3.8) is 0 Å². The smallest absolute Gasteiger partial charge is 0.228 e. The molecule has 2 aliphatic rings. The van der Waals surface area contributed by atoms with E-state index in [1.165, 1.54) is 0 Å². The quantitative estimate of drug-likeness (QED) is 0.514. The Kier molecular flexibility index (Phi) is 6.63. The van der Waals surface area contributed by atoms with Crippen molar-refractivity contribution in [1.29, 1.82) is 0 Å². The van der Waals surface area contributed by atoms with E-state index in [0.717, 1.165) is 49.5 Å². The highest BCUT2D eigenvalue weighted by Gasteiger charge is 2.29. The standard InChI is InChI=1S/C17H24N4O3S/c22-15(18-11-13-3-1-9-24-13)4-2-10-25-16-8-7-14(20-21-16)19-17(23)12-5-6-12/h7-8,12-13H,1-6,9-11H2,(H,18,22)(H,19,20,23)/t13-/m0/s1. The van der Waals surface area contributed by atoms with Crippen molar-refractivity contribution < 1.29 is 14.3 Å². The number of anilines is 1. The molecule has 1 saturated heterocycles. The van der Waals surface area contributed by atoms with E-state index in [-0.39, 0.29) is 23.8 Å². The van der Waals surface area contributed by atoms with Crippen LogP contribution in [-0.4, -0.2) is 47.0 Å².